The van der Waals surface area contributed by atoms with Crippen LogP contribution in [0.3, 0.4) is 0 Å². The molecule has 0 fully saturated rings. The number of hydrogen-bond acceptors (Lipinski definition) is 2. The molecular weight excluding hydrogens is 244 g/mol. The minimum atomic E-state index is 0.184. The molecule has 1 amide bonds. The van der Waals surface area contributed by atoms with Crippen molar-refractivity contribution in [2.75, 3.05) is 19.6 Å². The molecule has 0 aromatic carbocycles. The highest BCUT2D eigenvalue weighted by atomic mass is 32.1. The predicted octanol–water partition coefficient (Wildman–Crippen LogP) is 1.02. The zero-order chi connectivity index (χ0) is 13.1. The molecule has 1 unspecified atom stereocenters. The molecule has 0 saturated heterocycles. The van der Waals surface area contributed by atoms with E-state index in [1.165, 1.54) is 15.3 Å². The monoisotopic (exact) mass is 267 g/mol. The van der Waals surface area contributed by atoms with E-state index in [0.29, 0.717) is 18.5 Å². The Balaban J connectivity index is 1.90. The normalized spacial score (nSPS) is 22.9. The first-order valence-electron chi connectivity index (χ1n) is 6.75. The third-order valence-electron chi connectivity index (χ3n) is 3.63. The molecule has 1 aromatic heterocycles. The molecule has 0 radical (unpaired) electrons. The number of carbonyl (C=O) groups excluding carboxylic acids is 1. The Kier molecular flexibility index (Phi) is 4.40. The number of nitrogens with one attached hydrogen (secondary N) is 2. The Morgan fingerprint density at radius 3 is 3.11 bits per heavy atom. The van der Waals surface area contributed by atoms with E-state index in [2.05, 4.69) is 37.5 Å². The molecule has 1 aromatic rings. The van der Waals surface area contributed by atoms with Gasteiger partial charge in [-0.05, 0) is 24.3 Å². The highest BCUT2D eigenvalue weighted by Gasteiger charge is 2.29. The second-order valence-corrected chi connectivity index (χ2v) is 6.55. The molecule has 2 atom stereocenters. The first kappa shape index (κ1) is 13.6. The van der Waals surface area contributed by atoms with Crippen molar-refractivity contribution in [3.05, 3.63) is 21.9 Å². The molecule has 0 aliphatic carbocycles. The Morgan fingerprint density at radius 1 is 1.61 bits per heavy atom. The summed E-state index contributed by atoms with van der Waals surface area (Å²) in [5.41, 5.74) is 1.44. The van der Waals surface area contributed by atoms with Crippen LogP contribution in [0, 0.1) is 5.92 Å². The second-order valence-electron chi connectivity index (χ2n) is 5.55. The fraction of sp³-hybridized carbons (Fsp3) is 0.643. The van der Waals surface area contributed by atoms with Gasteiger partial charge in [0.2, 0.25) is 0 Å². The third-order valence-corrected chi connectivity index (χ3v) is 4.62. The maximum absolute atomic E-state index is 11.9. The van der Waals surface area contributed by atoms with Gasteiger partial charge in [-0.2, -0.15) is 0 Å². The van der Waals surface area contributed by atoms with Gasteiger partial charge in [-0.25, -0.2) is 0 Å². The Hall–Kier alpha value is -0.870. The van der Waals surface area contributed by atoms with Gasteiger partial charge in [0, 0.05) is 23.4 Å². The molecule has 0 bridgehead atoms. The van der Waals surface area contributed by atoms with Crippen LogP contribution in [0.2, 0.25) is 0 Å². The van der Waals surface area contributed by atoms with E-state index in [1.54, 1.807) is 0 Å². The van der Waals surface area contributed by atoms with Gasteiger partial charge in [0.15, 0.2) is 6.54 Å². The third kappa shape index (κ3) is 3.12. The van der Waals surface area contributed by atoms with Crippen molar-refractivity contribution in [3.63, 3.8) is 0 Å². The summed E-state index contributed by atoms with van der Waals surface area (Å²) in [5, 5.41) is 5.18. The van der Waals surface area contributed by atoms with Crippen LogP contribution in [0.4, 0.5) is 0 Å². The van der Waals surface area contributed by atoms with Crippen molar-refractivity contribution in [1.82, 2.24) is 5.32 Å². The minimum absolute atomic E-state index is 0.184. The van der Waals surface area contributed by atoms with Crippen molar-refractivity contribution >= 4 is 17.2 Å². The summed E-state index contributed by atoms with van der Waals surface area (Å²) >= 11 is 1.85. The Bertz CT molecular complexity index is 414. The van der Waals surface area contributed by atoms with Crippen LogP contribution < -0.4 is 10.2 Å². The lowest BCUT2D eigenvalue weighted by Gasteiger charge is -2.30. The summed E-state index contributed by atoms with van der Waals surface area (Å²) in [7, 11) is 0. The summed E-state index contributed by atoms with van der Waals surface area (Å²) in [6.07, 6.45) is 1.12. The van der Waals surface area contributed by atoms with Crippen molar-refractivity contribution in [1.29, 1.82) is 0 Å². The number of fused-ring (bicyclic) bond motifs is 1. The van der Waals surface area contributed by atoms with Gasteiger partial charge < -0.3 is 10.2 Å². The summed E-state index contributed by atoms with van der Waals surface area (Å²) in [5.74, 6) is 0.704. The van der Waals surface area contributed by atoms with Crippen molar-refractivity contribution in [3.8, 4) is 0 Å². The lowest BCUT2D eigenvalue weighted by Crippen LogP contribution is -3.14. The number of carbonyl (C=O) groups is 1. The summed E-state index contributed by atoms with van der Waals surface area (Å²) in [4.78, 5) is 14.8. The molecule has 0 saturated carbocycles. The molecule has 1 aliphatic rings. The number of amides is 1. The van der Waals surface area contributed by atoms with Gasteiger partial charge in [-0.15, -0.1) is 11.3 Å². The topological polar surface area (TPSA) is 33.5 Å². The molecule has 2 heterocycles. The summed E-state index contributed by atoms with van der Waals surface area (Å²) in [6, 6.07) is 2.67. The Labute approximate surface area is 113 Å². The predicted molar refractivity (Wildman–Crippen MR) is 75.0 cm³/mol. The smallest absolute Gasteiger partial charge is 0.275 e. The summed E-state index contributed by atoms with van der Waals surface area (Å²) in [6.45, 7) is 8.93. The molecule has 18 heavy (non-hydrogen) atoms. The molecule has 2 rings (SSSR count). The van der Waals surface area contributed by atoms with Gasteiger partial charge in [-0.3, -0.25) is 4.79 Å². The number of hydrogen-bond donors (Lipinski definition) is 2. The highest BCUT2D eigenvalue weighted by molar-refractivity contribution is 7.10. The first-order valence-corrected chi connectivity index (χ1v) is 7.63. The minimum Gasteiger partial charge on any atom is -0.351 e. The lowest BCUT2D eigenvalue weighted by atomic mass is 10.0. The average Bonchev–Trinajstić information content (AvgIpc) is 2.79. The van der Waals surface area contributed by atoms with E-state index in [9.17, 15) is 4.79 Å². The van der Waals surface area contributed by atoms with Crippen LogP contribution in [-0.2, 0) is 11.2 Å². The number of rotatable bonds is 4. The molecule has 100 valence electrons. The Morgan fingerprint density at radius 2 is 2.39 bits per heavy atom. The highest BCUT2D eigenvalue weighted by Crippen LogP contribution is 2.24. The second kappa shape index (κ2) is 5.85. The van der Waals surface area contributed by atoms with E-state index < -0.39 is 0 Å². The standard InChI is InChI=1S/C14H22N2OS/c1-10(2)8-15-14(17)9-16-6-4-13-12(11(16)3)5-7-18-13/h5,7,10-11H,4,6,8-9H2,1-3H3,(H,15,17)/p+1/t11-/m1/s1. The van der Waals surface area contributed by atoms with Gasteiger partial charge in [-0.1, -0.05) is 13.8 Å². The molecule has 0 spiro atoms. The van der Waals surface area contributed by atoms with E-state index in [0.717, 1.165) is 19.5 Å². The fourth-order valence-electron chi connectivity index (χ4n) is 2.48. The quantitative estimate of drug-likeness (QED) is 0.839. The van der Waals surface area contributed by atoms with Gasteiger partial charge in [0.05, 0.1) is 6.54 Å². The molecule has 3 nitrogen and oxygen atoms in total. The van der Waals surface area contributed by atoms with Crippen molar-refractivity contribution in [2.24, 2.45) is 5.92 Å². The van der Waals surface area contributed by atoms with Crippen LogP contribution in [0.5, 0.6) is 0 Å². The maximum Gasteiger partial charge on any atom is 0.275 e. The van der Waals surface area contributed by atoms with Crippen LogP contribution in [-0.4, -0.2) is 25.5 Å². The van der Waals surface area contributed by atoms with E-state index >= 15 is 0 Å². The number of quaternary nitrogens is 1. The van der Waals surface area contributed by atoms with Crippen LogP contribution in [0.1, 0.15) is 37.3 Å². The van der Waals surface area contributed by atoms with E-state index in [1.807, 2.05) is 11.3 Å². The maximum atomic E-state index is 11.9. The molecule has 4 heteroatoms. The number of thiophene rings is 1. The van der Waals surface area contributed by atoms with Gasteiger partial charge >= 0.3 is 0 Å². The SMILES string of the molecule is CC(C)CNC(=O)C[NH+]1CCc2sccc2[C@H]1C. The molecule has 2 N–H and O–H groups in total. The van der Waals surface area contributed by atoms with E-state index in [-0.39, 0.29) is 5.91 Å². The van der Waals surface area contributed by atoms with Crippen LogP contribution in [0.25, 0.3) is 0 Å². The largest absolute Gasteiger partial charge is 0.351 e. The van der Waals surface area contributed by atoms with Crippen LogP contribution >= 0.6 is 11.3 Å². The zero-order valence-electron chi connectivity index (χ0n) is 11.5. The van der Waals surface area contributed by atoms with Gasteiger partial charge in [0.1, 0.15) is 6.04 Å². The molecular formula is C14H23N2OS+. The summed E-state index contributed by atoms with van der Waals surface area (Å²) < 4.78 is 0. The molecule has 1 aliphatic heterocycles. The average molecular weight is 267 g/mol. The van der Waals surface area contributed by atoms with Crippen molar-refractivity contribution in [2.45, 2.75) is 33.2 Å². The van der Waals surface area contributed by atoms with E-state index in [4.69, 9.17) is 0 Å². The van der Waals surface area contributed by atoms with Crippen LogP contribution in [0.15, 0.2) is 11.4 Å². The van der Waals surface area contributed by atoms with Crippen molar-refractivity contribution < 1.29 is 9.69 Å². The zero-order valence-corrected chi connectivity index (χ0v) is 12.3. The fourth-order valence-corrected chi connectivity index (χ4v) is 3.46. The van der Waals surface area contributed by atoms with Gasteiger partial charge in [0.25, 0.3) is 5.91 Å². The lowest BCUT2D eigenvalue weighted by molar-refractivity contribution is -0.924. The first-order chi connectivity index (χ1) is 8.58.